The van der Waals surface area contributed by atoms with Crippen molar-refractivity contribution in [1.82, 2.24) is 0 Å². The number of hydrogen-bond acceptors (Lipinski definition) is 1. The molecule has 0 spiro atoms. The van der Waals surface area contributed by atoms with Crippen molar-refractivity contribution in [1.29, 1.82) is 0 Å². The van der Waals surface area contributed by atoms with Crippen LogP contribution in [-0.4, -0.2) is 24.5 Å². The Hall–Kier alpha value is -0.760. The van der Waals surface area contributed by atoms with E-state index < -0.39 is 0 Å². The highest BCUT2D eigenvalue weighted by Crippen LogP contribution is 2.14. The molecule has 0 aliphatic carbocycles. The van der Waals surface area contributed by atoms with E-state index in [1.54, 1.807) is 0 Å². The first kappa shape index (κ1) is 11.3. The van der Waals surface area contributed by atoms with Gasteiger partial charge in [-0.05, 0) is 43.0 Å². The summed E-state index contributed by atoms with van der Waals surface area (Å²) in [6.45, 7) is 2.73. The molecule has 0 saturated heterocycles. The van der Waals surface area contributed by atoms with Gasteiger partial charge in [0.1, 0.15) is 5.75 Å². The fraction of sp³-hybridized carbons (Fsp3) is 0.417. The van der Waals surface area contributed by atoms with Crippen LogP contribution in [0, 0.1) is 0 Å². The zero-order chi connectivity index (χ0) is 10.4. The topological polar surface area (TPSA) is 9.23 Å². The predicted molar refractivity (Wildman–Crippen MR) is 66.8 cm³/mol. The minimum Gasteiger partial charge on any atom is -0.494 e. The Balaban J connectivity index is 2.50. The van der Waals surface area contributed by atoms with Crippen molar-refractivity contribution in [2.75, 3.05) is 18.6 Å². The van der Waals surface area contributed by atoms with Crippen LogP contribution in [0.2, 0.25) is 0 Å². The Labute approximate surface area is 89.0 Å². The van der Waals surface area contributed by atoms with Crippen LogP contribution in [0.5, 0.6) is 5.75 Å². The van der Waals surface area contributed by atoms with Crippen molar-refractivity contribution in [3.05, 3.63) is 29.8 Å². The van der Waals surface area contributed by atoms with Gasteiger partial charge in [0.05, 0.1) is 6.61 Å². The highest BCUT2D eigenvalue weighted by Gasteiger charge is 1.94. The van der Waals surface area contributed by atoms with Crippen molar-refractivity contribution in [2.24, 2.45) is 0 Å². The number of ether oxygens (including phenoxy) is 1. The van der Waals surface area contributed by atoms with Gasteiger partial charge < -0.3 is 4.74 Å². The van der Waals surface area contributed by atoms with E-state index in [9.17, 15) is 0 Å². The number of benzene rings is 1. The van der Waals surface area contributed by atoms with Gasteiger partial charge in [0.15, 0.2) is 0 Å². The molecule has 2 heteroatoms. The molecular formula is C12H18OS. The van der Waals surface area contributed by atoms with Crippen molar-refractivity contribution >= 4 is 16.4 Å². The molecule has 0 heterocycles. The van der Waals surface area contributed by atoms with Crippen molar-refractivity contribution in [3.63, 3.8) is 0 Å². The zero-order valence-corrected chi connectivity index (χ0v) is 9.77. The standard InChI is InChI=1S/C12H18OS/c1-4-13-12-7-5-11(6-8-12)9-10-14(2)3/h5-8H,2,4,9-10H2,1,3H3. The van der Waals surface area contributed by atoms with Crippen LogP contribution in [0.4, 0.5) is 0 Å². The van der Waals surface area contributed by atoms with Crippen LogP contribution >= 0.6 is 10.5 Å². The highest BCUT2D eigenvalue weighted by molar-refractivity contribution is 8.13. The molecule has 0 aromatic heterocycles. The predicted octanol–water partition coefficient (Wildman–Crippen LogP) is 2.96. The molecule has 0 amide bonds. The van der Waals surface area contributed by atoms with Gasteiger partial charge in [0.2, 0.25) is 0 Å². The second-order valence-corrected chi connectivity index (χ2v) is 5.28. The normalized spacial score (nSPS) is 12.4. The molecule has 0 aliphatic rings. The molecule has 1 rings (SSSR count). The lowest BCUT2D eigenvalue weighted by molar-refractivity contribution is 0.340. The average molecular weight is 210 g/mol. The molecule has 1 nitrogen and oxygen atoms in total. The molecule has 78 valence electrons. The second-order valence-electron chi connectivity index (χ2n) is 3.31. The molecule has 1 aromatic rings. The van der Waals surface area contributed by atoms with E-state index in [1.165, 1.54) is 11.3 Å². The van der Waals surface area contributed by atoms with Gasteiger partial charge >= 0.3 is 0 Å². The molecule has 0 N–H and O–H groups in total. The lowest BCUT2D eigenvalue weighted by Crippen LogP contribution is -1.93. The summed E-state index contributed by atoms with van der Waals surface area (Å²) in [4.78, 5) is 0. The smallest absolute Gasteiger partial charge is 0.119 e. The largest absolute Gasteiger partial charge is 0.494 e. The van der Waals surface area contributed by atoms with Gasteiger partial charge in [-0.2, -0.15) is 10.5 Å². The van der Waals surface area contributed by atoms with Crippen molar-refractivity contribution in [2.45, 2.75) is 13.3 Å². The van der Waals surface area contributed by atoms with Crippen LogP contribution in [-0.2, 0) is 6.42 Å². The molecule has 14 heavy (non-hydrogen) atoms. The van der Waals surface area contributed by atoms with E-state index in [-0.39, 0.29) is 0 Å². The first-order valence-electron chi connectivity index (χ1n) is 4.86. The van der Waals surface area contributed by atoms with Crippen LogP contribution < -0.4 is 4.74 Å². The van der Waals surface area contributed by atoms with Gasteiger partial charge in [-0.15, -0.1) is 0 Å². The van der Waals surface area contributed by atoms with Gasteiger partial charge in [0, 0.05) is 0 Å². The Kier molecular flexibility index (Phi) is 4.74. The maximum atomic E-state index is 5.38. The summed E-state index contributed by atoms with van der Waals surface area (Å²) in [5, 5.41) is 0. The van der Waals surface area contributed by atoms with Gasteiger partial charge in [-0.25, -0.2) is 0 Å². The summed E-state index contributed by atoms with van der Waals surface area (Å²) < 4.78 is 5.38. The SMILES string of the molecule is C=S(C)CCc1ccc(OCC)cc1. The Bertz CT molecular complexity index is 290. The molecule has 1 aromatic carbocycles. The highest BCUT2D eigenvalue weighted by atomic mass is 32.2. The molecule has 0 radical (unpaired) electrons. The summed E-state index contributed by atoms with van der Waals surface area (Å²) in [7, 11) is 0.294. The summed E-state index contributed by atoms with van der Waals surface area (Å²) >= 11 is 0. The lowest BCUT2D eigenvalue weighted by atomic mass is 10.2. The number of rotatable bonds is 5. The molecule has 0 fully saturated rings. The molecular weight excluding hydrogens is 192 g/mol. The number of aryl methyl sites for hydroxylation is 1. The molecule has 1 atom stereocenters. The monoisotopic (exact) mass is 210 g/mol. The summed E-state index contributed by atoms with van der Waals surface area (Å²) in [5.41, 5.74) is 1.37. The summed E-state index contributed by atoms with van der Waals surface area (Å²) in [6.07, 6.45) is 3.30. The molecule has 0 bridgehead atoms. The molecule has 0 aliphatic heterocycles. The van der Waals surface area contributed by atoms with E-state index in [4.69, 9.17) is 4.74 Å². The fourth-order valence-electron chi connectivity index (χ4n) is 1.21. The Morgan fingerprint density at radius 1 is 1.29 bits per heavy atom. The first-order chi connectivity index (χ1) is 6.72. The molecule has 0 saturated carbocycles. The molecule has 1 unspecified atom stereocenters. The minimum atomic E-state index is 0.294. The fourth-order valence-corrected chi connectivity index (χ4v) is 1.80. The van der Waals surface area contributed by atoms with Crippen LogP contribution in [0.15, 0.2) is 24.3 Å². The van der Waals surface area contributed by atoms with Crippen LogP contribution in [0.3, 0.4) is 0 Å². The van der Waals surface area contributed by atoms with E-state index >= 15 is 0 Å². The van der Waals surface area contributed by atoms with Crippen molar-refractivity contribution < 1.29 is 4.74 Å². The summed E-state index contributed by atoms with van der Waals surface area (Å²) in [5.74, 6) is 6.14. The second kappa shape index (κ2) is 5.86. The summed E-state index contributed by atoms with van der Waals surface area (Å²) in [6, 6.07) is 8.35. The van der Waals surface area contributed by atoms with E-state index in [2.05, 4.69) is 24.3 Å². The Morgan fingerprint density at radius 2 is 1.93 bits per heavy atom. The lowest BCUT2D eigenvalue weighted by Gasteiger charge is -2.05. The third-order valence-corrected chi connectivity index (χ3v) is 2.87. The maximum Gasteiger partial charge on any atom is 0.119 e. The maximum absolute atomic E-state index is 5.38. The van der Waals surface area contributed by atoms with E-state index in [0.717, 1.165) is 18.8 Å². The van der Waals surface area contributed by atoms with Crippen LogP contribution in [0.25, 0.3) is 0 Å². The van der Waals surface area contributed by atoms with Crippen molar-refractivity contribution in [3.8, 4) is 5.75 Å². The quantitative estimate of drug-likeness (QED) is 0.679. The van der Waals surface area contributed by atoms with E-state index in [0.29, 0.717) is 10.5 Å². The minimum absolute atomic E-state index is 0.294. The van der Waals surface area contributed by atoms with Gasteiger partial charge in [0.25, 0.3) is 0 Å². The average Bonchev–Trinajstić information content (AvgIpc) is 2.17. The van der Waals surface area contributed by atoms with Crippen LogP contribution in [0.1, 0.15) is 12.5 Å². The zero-order valence-electron chi connectivity index (χ0n) is 8.95. The third-order valence-electron chi connectivity index (χ3n) is 1.97. The third kappa shape index (κ3) is 3.97. The Morgan fingerprint density at radius 3 is 2.43 bits per heavy atom. The van der Waals surface area contributed by atoms with Gasteiger partial charge in [-0.3, -0.25) is 0 Å². The van der Waals surface area contributed by atoms with E-state index in [1.807, 2.05) is 19.1 Å². The first-order valence-corrected chi connectivity index (χ1v) is 6.83. The number of hydrogen-bond donors (Lipinski definition) is 0. The van der Waals surface area contributed by atoms with Gasteiger partial charge in [-0.1, -0.05) is 18.0 Å².